The molecule has 8 heteroatoms. The topological polar surface area (TPSA) is 52.6 Å². The van der Waals surface area contributed by atoms with Gasteiger partial charge in [0.1, 0.15) is 0 Å². The lowest BCUT2D eigenvalue weighted by Crippen LogP contribution is -2.18. The second kappa shape index (κ2) is 6.17. The predicted molar refractivity (Wildman–Crippen MR) is 65.9 cm³/mol. The minimum absolute atomic E-state index is 0.117. The van der Waals surface area contributed by atoms with Crippen molar-refractivity contribution in [1.82, 2.24) is 0 Å². The van der Waals surface area contributed by atoms with Crippen molar-refractivity contribution in [2.75, 3.05) is 20.5 Å². The van der Waals surface area contributed by atoms with Gasteiger partial charge in [0.05, 0.1) is 30.9 Å². The molecule has 0 heterocycles. The summed E-state index contributed by atoms with van der Waals surface area (Å²) >= 11 is 0.838. The van der Waals surface area contributed by atoms with Crippen molar-refractivity contribution in [3.8, 4) is 0 Å². The third-order valence-electron chi connectivity index (χ3n) is 2.46. The molecule has 0 amide bonds. The molecule has 0 aliphatic rings. The maximum absolute atomic E-state index is 12.9. The van der Waals surface area contributed by atoms with Crippen LogP contribution in [0.5, 0.6) is 0 Å². The van der Waals surface area contributed by atoms with E-state index in [9.17, 15) is 22.8 Å². The summed E-state index contributed by atoms with van der Waals surface area (Å²) in [6, 6.07) is 1.64. The van der Waals surface area contributed by atoms with Crippen LogP contribution in [0.3, 0.4) is 0 Å². The van der Waals surface area contributed by atoms with Crippen LogP contribution in [-0.2, 0) is 15.7 Å². The monoisotopic (exact) mass is 308 g/mol. The van der Waals surface area contributed by atoms with Crippen LogP contribution in [0.1, 0.15) is 26.3 Å². The smallest absolute Gasteiger partial charge is 0.417 e. The average Bonchev–Trinajstić information content (AvgIpc) is 2.42. The van der Waals surface area contributed by atoms with Gasteiger partial charge in [-0.25, -0.2) is 9.59 Å². The second-order valence-corrected chi connectivity index (χ2v) is 4.37. The summed E-state index contributed by atoms with van der Waals surface area (Å²) < 4.78 is 47.7. The van der Waals surface area contributed by atoms with E-state index in [1.54, 1.807) is 0 Å². The predicted octanol–water partition coefficient (Wildman–Crippen LogP) is 3.00. The molecular formula is C12H11F3O4S. The number of benzene rings is 1. The Kier molecular flexibility index (Phi) is 5.04. The van der Waals surface area contributed by atoms with Gasteiger partial charge in [0.25, 0.3) is 0 Å². The minimum Gasteiger partial charge on any atom is -0.465 e. The van der Waals surface area contributed by atoms with Gasteiger partial charge in [-0.3, -0.25) is 0 Å². The third-order valence-corrected chi connectivity index (χ3v) is 3.29. The number of halogens is 3. The Morgan fingerprint density at radius 3 is 2.05 bits per heavy atom. The molecule has 0 aliphatic carbocycles. The van der Waals surface area contributed by atoms with Crippen LogP contribution in [-0.4, -0.2) is 32.4 Å². The van der Waals surface area contributed by atoms with E-state index in [0.29, 0.717) is 6.07 Å². The maximum Gasteiger partial charge on any atom is 0.417 e. The summed E-state index contributed by atoms with van der Waals surface area (Å²) in [5.74, 6) is -1.99. The molecule has 1 aromatic rings. The number of ether oxygens (including phenoxy) is 2. The van der Waals surface area contributed by atoms with Crippen molar-refractivity contribution >= 4 is 23.7 Å². The first-order chi connectivity index (χ1) is 9.27. The number of carbonyl (C=O) groups excluding carboxylic acids is 2. The van der Waals surface area contributed by atoms with Gasteiger partial charge >= 0.3 is 18.1 Å². The van der Waals surface area contributed by atoms with Crippen LogP contribution in [0.15, 0.2) is 17.0 Å². The summed E-state index contributed by atoms with van der Waals surface area (Å²) in [6.45, 7) is 0. The highest BCUT2D eigenvalue weighted by atomic mass is 32.2. The number of hydrogen-bond acceptors (Lipinski definition) is 5. The summed E-state index contributed by atoms with van der Waals surface area (Å²) in [4.78, 5) is 23.1. The molecule has 0 saturated heterocycles. The molecule has 110 valence electrons. The van der Waals surface area contributed by atoms with E-state index in [0.717, 1.165) is 32.0 Å². The number of rotatable bonds is 3. The molecule has 4 nitrogen and oxygen atoms in total. The van der Waals surface area contributed by atoms with E-state index in [-0.39, 0.29) is 10.5 Å². The van der Waals surface area contributed by atoms with Crippen LogP contribution in [0.2, 0.25) is 0 Å². The molecule has 20 heavy (non-hydrogen) atoms. The molecule has 0 bridgehead atoms. The van der Waals surface area contributed by atoms with E-state index in [1.165, 1.54) is 6.26 Å². The molecule has 1 aromatic carbocycles. The first-order valence-electron chi connectivity index (χ1n) is 5.22. The highest BCUT2D eigenvalue weighted by Crippen LogP contribution is 2.38. The average molecular weight is 308 g/mol. The molecule has 0 fully saturated rings. The Morgan fingerprint density at radius 2 is 1.65 bits per heavy atom. The van der Waals surface area contributed by atoms with Crippen molar-refractivity contribution in [2.45, 2.75) is 11.1 Å². The number of methoxy groups -OCH3 is 2. The van der Waals surface area contributed by atoms with E-state index in [2.05, 4.69) is 9.47 Å². The van der Waals surface area contributed by atoms with Gasteiger partial charge in [-0.2, -0.15) is 13.2 Å². The quantitative estimate of drug-likeness (QED) is 0.634. The molecule has 0 aromatic heterocycles. The normalized spacial score (nSPS) is 11.1. The zero-order chi connectivity index (χ0) is 15.5. The van der Waals surface area contributed by atoms with Gasteiger partial charge in [-0.15, -0.1) is 11.8 Å². The highest BCUT2D eigenvalue weighted by Gasteiger charge is 2.38. The van der Waals surface area contributed by atoms with Crippen LogP contribution in [0.25, 0.3) is 0 Å². The third kappa shape index (κ3) is 3.06. The second-order valence-electron chi connectivity index (χ2n) is 3.55. The van der Waals surface area contributed by atoms with Crippen molar-refractivity contribution in [3.05, 3.63) is 28.8 Å². The maximum atomic E-state index is 12.9. The zero-order valence-corrected chi connectivity index (χ0v) is 11.6. The van der Waals surface area contributed by atoms with E-state index in [1.807, 2.05) is 0 Å². The molecule has 0 aliphatic heterocycles. The molecule has 0 unspecified atom stereocenters. The Labute approximate surface area is 117 Å². The summed E-state index contributed by atoms with van der Waals surface area (Å²) in [5.41, 5.74) is -1.95. The first-order valence-corrected chi connectivity index (χ1v) is 6.45. The Morgan fingerprint density at radius 1 is 1.10 bits per heavy atom. The van der Waals surface area contributed by atoms with Crippen molar-refractivity contribution in [2.24, 2.45) is 0 Å². The largest absolute Gasteiger partial charge is 0.465 e. The Bertz CT molecular complexity index is 540. The van der Waals surface area contributed by atoms with Gasteiger partial charge in [0, 0.05) is 4.90 Å². The van der Waals surface area contributed by atoms with Crippen molar-refractivity contribution < 1.29 is 32.2 Å². The van der Waals surface area contributed by atoms with Crippen LogP contribution >= 0.6 is 11.8 Å². The summed E-state index contributed by atoms with van der Waals surface area (Å²) in [6.07, 6.45) is -3.28. The minimum atomic E-state index is -4.73. The summed E-state index contributed by atoms with van der Waals surface area (Å²) in [5, 5.41) is 0. The fraction of sp³-hybridized carbons (Fsp3) is 0.333. The standard InChI is InChI=1S/C12H11F3O4S/c1-18-10(16)6-4-5-7(12(13,14)15)8(9(6)20-3)11(17)19-2/h4-5H,1-3H3. The van der Waals surface area contributed by atoms with Crippen LogP contribution in [0.4, 0.5) is 13.2 Å². The zero-order valence-electron chi connectivity index (χ0n) is 10.8. The Balaban J connectivity index is 3.68. The van der Waals surface area contributed by atoms with Crippen molar-refractivity contribution in [3.63, 3.8) is 0 Å². The molecule has 0 atom stereocenters. The van der Waals surface area contributed by atoms with Gasteiger partial charge in [-0.05, 0) is 18.4 Å². The molecule has 0 N–H and O–H groups in total. The number of carbonyl (C=O) groups is 2. The van der Waals surface area contributed by atoms with Gasteiger partial charge in [0.2, 0.25) is 0 Å². The van der Waals surface area contributed by atoms with Gasteiger partial charge in [0.15, 0.2) is 0 Å². The lowest BCUT2D eigenvalue weighted by Gasteiger charge is -2.16. The lowest BCUT2D eigenvalue weighted by molar-refractivity contribution is -0.138. The molecule has 0 spiro atoms. The van der Waals surface area contributed by atoms with Crippen LogP contribution < -0.4 is 0 Å². The highest BCUT2D eigenvalue weighted by molar-refractivity contribution is 7.98. The number of alkyl halides is 3. The fourth-order valence-electron chi connectivity index (χ4n) is 1.61. The molecule has 0 saturated carbocycles. The van der Waals surface area contributed by atoms with Crippen molar-refractivity contribution in [1.29, 1.82) is 0 Å². The lowest BCUT2D eigenvalue weighted by atomic mass is 10.0. The first kappa shape index (κ1) is 16.4. The van der Waals surface area contributed by atoms with Gasteiger partial charge in [-0.1, -0.05) is 0 Å². The van der Waals surface area contributed by atoms with E-state index >= 15 is 0 Å². The number of thioether (sulfide) groups is 1. The molecule has 1 rings (SSSR count). The van der Waals surface area contributed by atoms with E-state index in [4.69, 9.17) is 0 Å². The fourth-order valence-corrected chi connectivity index (χ4v) is 2.38. The number of esters is 2. The SMILES string of the molecule is COC(=O)c1ccc(C(F)(F)F)c(C(=O)OC)c1SC. The van der Waals surface area contributed by atoms with Crippen LogP contribution in [0, 0.1) is 0 Å². The van der Waals surface area contributed by atoms with Gasteiger partial charge < -0.3 is 9.47 Å². The number of hydrogen-bond donors (Lipinski definition) is 0. The Hall–Kier alpha value is -1.70. The molecule has 0 radical (unpaired) electrons. The van der Waals surface area contributed by atoms with E-state index < -0.39 is 29.2 Å². The summed E-state index contributed by atoms with van der Waals surface area (Å²) in [7, 11) is 2.07. The molecular weight excluding hydrogens is 297 g/mol.